The molecule has 0 unspecified atom stereocenters. The van der Waals surface area contributed by atoms with Crippen LogP contribution < -0.4 is 9.47 Å². The molecule has 0 heterocycles. The maximum absolute atomic E-state index is 13.9. The summed E-state index contributed by atoms with van der Waals surface area (Å²) in [6.07, 6.45) is -0.802. The summed E-state index contributed by atoms with van der Waals surface area (Å²) in [5.74, 6) is -2.65. The molecule has 0 spiro atoms. The van der Waals surface area contributed by atoms with Crippen molar-refractivity contribution in [2.24, 2.45) is 5.41 Å². The van der Waals surface area contributed by atoms with Gasteiger partial charge in [-0.3, -0.25) is 18.7 Å². The van der Waals surface area contributed by atoms with Gasteiger partial charge < -0.3 is 18.9 Å². The highest BCUT2D eigenvalue weighted by atomic mass is 32.2. The third-order valence-corrected chi connectivity index (χ3v) is 10.8. The Morgan fingerprint density at radius 3 is 1.32 bits per heavy atom. The van der Waals surface area contributed by atoms with E-state index in [4.69, 9.17) is 28.1 Å². The Balaban J connectivity index is 1.45. The second-order valence-electron chi connectivity index (χ2n) is 12.0. The number of carbonyl (C=O) groups is 2. The van der Waals surface area contributed by atoms with Gasteiger partial charge in [0.05, 0.1) is 38.9 Å². The third kappa shape index (κ3) is 5.77. The molecule has 0 amide bonds. The molecule has 0 atom stereocenters. The van der Waals surface area contributed by atoms with Crippen LogP contribution >= 0.6 is 0 Å². The molecule has 0 saturated carbocycles. The second kappa shape index (κ2) is 12.2. The van der Waals surface area contributed by atoms with E-state index in [2.05, 4.69) is 24.3 Å². The van der Waals surface area contributed by atoms with Crippen LogP contribution in [0.5, 0.6) is 11.5 Å². The Kier molecular flexibility index (Phi) is 8.57. The molecule has 0 aromatic heterocycles. The van der Waals surface area contributed by atoms with Crippen molar-refractivity contribution in [2.45, 2.75) is 37.5 Å². The second-order valence-corrected chi connectivity index (χ2v) is 15.1. The molecule has 12 nitrogen and oxygen atoms in total. The van der Waals surface area contributed by atoms with Crippen molar-refractivity contribution in [3.8, 4) is 11.5 Å². The zero-order valence-corrected chi connectivity index (χ0v) is 27.4. The minimum atomic E-state index is -4.31. The lowest BCUT2D eigenvalue weighted by atomic mass is 9.60. The van der Waals surface area contributed by atoms with E-state index in [0.717, 1.165) is 33.4 Å². The molecular formula is C33H34O12S2. The quantitative estimate of drug-likeness (QED) is 0.0847. The van der Waals surface area contributed by atoms with Crippen LogP contribution in [0.1, 0.15) is 69.2 Å². The summed E-state index contributed by atoms with van der Waals surface area (Å²) in [4.78, 5) is 27.7. The van der Waals surface area contributed by atoms with Crippen molar-refractivity contribution in [3.63, 3.8) is 0 Å². The minimum absolute atomic E-state index is 0.190. The van der Waals surface area contributed by atoms with Gasteiger partial charge in [-0.05, 0) is 35.1 Å². The predicted molar refractivity (Wildman–Crippen MR) is 168 cm³/mol. The molecule has 4 aliphatic rings. The lowest BCUT2D eigenvalue weighted by Gasteiger charge is -2.44. The summed E-state index contributed by atoms with van der Waals surface area (Å²) in [7, 11) is -5.55. The Hall–Kier alpha value is -3.98. The molecule has 2 N–H and O–H groups in total. The molecule has 0 radical (unpaired) electrons. The Bertz CT molecular complexity index is 1800. The Morgan fingerprint density at radius 2 is 1.02 bits per heavy atom. The smallest absolute Gasteiger partial charge is 0.324 e. The minimum Gasteiger partial charge on any atom is -0.496 e. The van der Waals surface area contributed by atoms with E-state index in [-0.39, 0.29) is 37.5 Å². The van der Waals surface area contributed by atoms with Gasteiger partial charge in [0.15, 0.2) is 5.41 Å². The highest BCUT2D eigenvalue weighted by Gasteiger charge is 2.57. The molecule has 14 heteroatoms. The standard InChI is InChI=1S/C33H34O12S2/c1-42-29-23-17-33(31(34)44-13-7-15-46(36,37)38,32(35)45-14-8-16-47(39,40)41)18-24(23)30(43-2)28-26-21-11-5-3-9-19(21)25(27(28)29)20-10-4-6-12-22(20)26/h3-6,9-12,25-26H,7-8,13-18H2,1-2H3,(H,36,37,38)(H,39,40,41). The van der Waals surface area contributed by atoms with E-state index in [0.29, 0.717) is 22.6 Å². The monoisotopic (exact) mass is 686 g/mol. The van der Waals surface area contributed by atoms with Gasteiger partial charge in [-0.25, -0.2) is 0 Å². The fourth-order valence-electron chi connectivity index (χ4n) is 7.41. The number of rotatable bonds is 12. The van der Waals surface area contributed by atoms with Gasteiger partial charge in [0.2, 0.25) is 0 Å². The van der Waals surface area contributed by atoms with Crippen molar-refractivity contribution in [1.29, 1.82) is 0 Å². The van der Waals surface area contributed by atoms with Gasteiger partial charge in [-0.15, -0.1) is 0 Å². The van der Waals surface area contributed by atoms with E-state index >= 15 is 0 Å². The number of hydrogen-bond acceptors (Lipinski definition) is 10. The van der Waals surface area contributed by atoms with E-state index in [9.17, 15) is 26.4 Å². The average molecular weight is 687 g/mol. The molecule has 3 aromatic rings. The van der Waals surface area contributed by atoms with Crippen LogP contribution in [-0.4, -0.2) is 76.8 Å². The Labute approximate surface area is 272 Å². The van der Waals surface area contributed by atoms with Crippen LogP contribution in [-0.2, 0) is 52.1 Å². The van der Waals surface area contributed by atoms with Crippen molar-refractivity contribution in [2.75, 3.05) is 38.9 Å². The van der Waals surface area contributed by atoms with Crippen LogP contribution in [0, 0.1) is 5.41 Å². The topological polar surface area (TPSA) is 180 Å². The van der Waals surface area contributed by atoms with Crippen LogP contribution in [0.4, 0.5) is 0 Å². The lowest BCUT2D eigenvalue weighted by molar-refractivity contribution is -0.172. The first-order valence-electron chi connectivity index (χ1n) is 15.0. The summed E-state index contributed by atoms with van der Waals surface area (Å²) in [5.41, 5.74) is 5.41. The van der Waals surface area contributed by atoms with Crippen LogP contribution in [0.3, 0.4) is 0 Å². The number of carbonyl (C=O) groups excluding carboxylic acids is 2. The average Bonchev–Trinajstić information content (AvgIpc) is 3.44. The van der Waals surface area contributed by atoms with Gasteiger partial charge >= 0.3 is 11.9 Å². The molecule has 3 aromatic carbocycles. The number of esters is 2. The highest BCUT2D eigenvalue weighted by molar-refractivity contribution is 7.86. The van der Waals surface area contributed by atoms with E-state index in [1.807, 2.05) is 24.3 Å². The molecular weight excluding hydrogens is 652 g/mol. The van der Waals surface area contributed by atoms with Gasteiger partial charge in [0, 0.05) is 46.9 Å². The molecule has 2 bridgehead atoms. The first-order valence-corrected chi connectivity index (χ1v) is 18.2. The summed E-state index contributed by atoms with van der Waals surface area (Å²) < 4.78 is 86.1. The maximum atomic E-state index is 13.9. The first-order chi connectivity index (χ1) is 22.3. The summed E-state index contributed by atoms with van der Waals surface area (Å²) in [6, 6.07) is 16.3. The number of hydrogen-bond donors (Lipinski definition) is 2. The molecule has 4 aliphatic carbocycles. The van der Waals surface area contributed by atoms with E-state index < -0.39 is 62.3 Å². The van der Waals surface area contributed by atoms with Crippen LogP contribution in [0.25, 0.3) is 0 Å². The normalized spacial score (nSPS) is 18.4. The fourth-order valence-corrected chi connectivity index (χ4v) is 8.38. The van der Waals surface area contributed by atoms with Crippen molar-refractivity contribution >= 4 is 32.2 Å². The summed E-state index contributed by atoms with van der Waals surface area (Å²) in [6.45, 7) is -0.793. The molecule has 250 valence electrons. The molecule has 0 fully saturated rings. The molecule has 0 aliphatic heterocycles. The zero-order chi connectivity index (χ0) is 33.7. The van der Waals surface area contributed by atoms with E-state index in [1.54, 1.807) is 0 Å². The number of ether oxygens (including phenoxy) is 4. The van der Waals surface area contributed by atoms with Gasteiger partial charge in [-0.1, -0.05) is 48.5 Å². The largest absolute Gasteiger partial charge is 0.496 e. The third-order valence-electron chi connectivity index (χ3n) is 9.21. The highest BCUT2D eigenvalue weighted by Crippen LogP contribution is 2.63. The fraction of sp³-hybridized carbons (Fsp3) is 0.394. The van der Waals surface area contributed by atoms with Crippen LogP contribution in [0.15, 0.2) is 48.5 Å². The number of methoxy groups -OCH3 is 2. The Morgan fingerprint density at radius 1 is 0.681 bits per heavy atom. The zero-order valence-electron chi connectivity index (χ0n) is 25.7. The maximum Gasteiger partial charge on any atom is 0.324 e. The molecule has 47 heavy (non-hydrogen) atoms. The summed E-state index contributed by atoms with van der Waals surface area (Å²) >= 11 is 0. The summed E-state index contributed by atoms with van der Waals surface area (Å²) in [5, 5.41) is 0. The van der Waals surface area contributed by atoms with Gasteiger partial charge in [-0.2, -0.15) is 16.8 Å². The first kappa shape index (κ1) is 32.9. The predicted octanol–water partition coefficient (Wildman–Crippen LogP) is 3.42. The van der Waals surface area contributed by atoms with Crippen molar-refractivity contribution in [3.05, 3.63) is 93.0 Å². The number of benzene rings is 3. The van der Waals surface area contributed by atoms with Gasteiger partial charge in [0.1, 0.15) is 11.5 Å². The van der Waals surface area contributed by atoms with E-state index in [1.165, 1.54) is 14.2 Å². The number of fused-ring (bicyclic) bond motifs is 1. The SMILES string of the molecule is COc1c2c(c(OC)c3c1C1c4ccccc4C3c3ccccc31)CC(C(=O)OCCCS(=O)(=O)O)(C(=O)OCCCS(=O)(=O)O)C2. The van der Waals surface area contributed by atoms with Crippen LogP contribution in [0.2, 0.25) is 0 Å². The van der Waals surface area contributed by atoms with Crippen molar-refractivity contribution < 1.29 is 54.5 Å². The van der Waals surface area contributed by atoms with Gasteiger partial charge in [0.25, 0.3) is 20.2 Å². The van der Waals surface area contributed by atoms with Crippen molar-refractivity contribution in [1.82, 2.24) is 0 Å². The molecule has 7 rings (SSSR count). The molecule has 0 saturated heterocycles. The lowest BCUT2D eigenvalue weighted by Crippen LogP contribution is -2.43.